The largest absolute Gasteiger partial charge is 0.497 e. The van der Waals surface area contributed by atoms with Crippen molar-refractivity contribution in [2.24, 2.45) is 0 Å². The Hall–Kier alpha value is -4.79. The second kappa shape index (κ2) is 8.21. The third kappa shape index (κ3) is 3.63. The molecule has 0 unspecified atom stereocenters. The van der Waals surface area contributed by atoms with E-state index in [4.69, 9.17) is 14.7 Å². The molecule has 0 aliphatic carbocycles. The average molecular weight is 465 g/mol. The third-order valence-electron chi connectivity index (χ3n) is 5.92. The minimum absolute atomic E-state index is 0.386. The normalized spacial score (nSPS) is 12.7. The maximum Gasteiger partial charge on any atom is 0.163 e. The molecule has 0 atom stereocenters. The van der Waals surface area contributed by atoms with E-state index in [2.05, 4.69) is 25.5 Å². The number of allylic oxidation sites excluding steroid dienone is 2. The molecule has 5 heterocycles. The average Bonchev–Trinajstić information content (AvgIpc) is 3.42. The van der Waals surface area contributed by atoms with Gasteiger partial charge in [-0.15, -0.1) is 0 Å². The first-order valence-electron chi connectivity index (χ1n) is 11.0. The lowest BCUT2D eigenvalue weighted by molar-refractivity contribution is 0.411. The van der Waals surface area contributed by atoms with E-state index in [0.717, 1.165) is 27.9 Å². The molecule has 1 aliphatic rings. The molecular formula is C26H20FN7O. The summed E-state index contributed by atoms with van der Waals surface area (Å²) < 4.78 is 19.5. The lowest BCUT2D eigenvalue weighted by Gasteiger charge is -2.09. The number of aromatic nitrogens is 6. The van der Waals surface area contributed by atoms with Crippen molar-refractivity contribution in [2.45, 2.75) is 6.92 Å². The van der Waals surface area contributed by atoms with Crippen LogP contribution in [0.1, 0.15) is 16.8 Å². The predicted molar refractivity (Wildman–Crippen MR) is 132 cm³/mol. The highest BCUT2D eigenvalue weighted by Gasteiger charge is 2.22. The predicted octanol–water partition coefficient (Wildman–Crippen LogP) is 5.24. The van der Waals surface area contributed by atoms with Gasteiger partial charge in [-0.05, 0) is 54.5 Å². The molecule has 5 aromatic rings. The smallest absolute Gasteiger partial charge is 0.163 e. The van der Waals surface area contributed by atoms with Gasteiger partial charge in [0.05, 0.1) is 24.0 Å². The van der Waals surface area contributed by atoms with Gasteiger partial charge in [0.2, 0.25) is 0 Å². The molecule has 0 amide bonds. The number of imidazole rings is 1. The molecule has 0 saturated carbocycles. The van der Waals surface area contributed by atoms with Gasteiger partial charge in [-0.2, -0.15) is 5.10 Å². The van der Waals surface area contributed by atoms with Gasteiger partial charge < -0.3 is 15.0 Å². The van der Waals surface area contributed by atoms with Crippen molar-refractivity contribution >= 4 is 22.4 Å². The molecule has 172 valence electrons. The van der Waals surface area contributed by atoms with Crippen LogP contribution in [0.5, 0.6) is 5.75 Å². The molecule has 0 saturated heterocycles. The van der Waals surface area contributed by atoms with Crippen LogP contribution in [0.2, 0.25) is 0 Å². The lowest BCUT2D eigenvalue weighted by atomic mass is 10.0. The quantitative estimate of drug-likeness (QED) is 0.335. The number of hydrogen-bond donors (Lipinski definition) is 3. The van der Waals surface area contributed by atoms with Crippen LogP contribution >= 0.6 is 0 Å². The Bertz CT molecular complexity index is 1650. The van der Waals surface area contributed by atoms with Crippen LogP contribution in [-0.4, -0.2) is 37.2 Å². The van der Waals surface area contributed by atoms with Crippen LogP contribution in [-0.2, 0) is 0 Å². The number of anilines is 1. The summed E-state index contributed by atoms with van der Waals surface area (Å²) in [5, 5.41) is 10.7. The minimum atomic E-state index is -0.386. The number of pyridine rings is 2. The number of ether oxygens (including phenoxy) is 1. The molecule has 0 radical (unpaired) electrons. The number of benzene rings is 1. The molecule has 6 rings (SSSR count). The molecule has 0 bridgehead atoms. The number of halogens is 1. The van der Waals surface area contributed by atoms with Gasteiger partial charge in [0.25, 0.3) is 0 Å². The van der Waals surface area contributed by atoms with Crippen molar-refractivity contribution in [3.63, 3.8) is 0 Å². The minimum Gasteiger partial charge on any atom is -0.497 e. The molecule has 1 aromatic carbocycles. The van der Waals surface area contributed by atoms with Crippen LogP contribution in [0.3, 0.4) is 0 Å². The highest BCUT2D eigenvalue weighted by atomic mass is 19.1. The van der Waals surface area contributed by atoms with Gasteiger partial charge in [-0.1, -0.05) is 6.08 Å². The van der Waals surface area contributed by atoms with Crippen LogP contribution < -0.4 is 10.1 Å². The Balaban J connectivity index is 1.47. The second-order valence-electron chi connectivity index (χ2n) is 8.13. The first kappa shape index (κ1) is 20.8. The molecule has 1 aliphatic heterocycles. The molecule has 8 nitrogen and oxygen atoms in total. The van der Waals surface area contributed by atoms with Gasteiger partial charge >= 0.3 is 0 Å². The number of fused-ring (bicyclic) bond motifs is 2. The highest BCUT2D eigenvalue weighted by molar-refractivity contribution is 5.92. The number of rotatable bonds is 4. The van der Waals surface area contributed by atoms with E-state index >= 15 is 0 Å². The monoisotopic (exact) mass is 465 g/mol. The summed E-state index contributed by atoms with van der Waals surface area (Å²) in [5.41, 5.74) is 7.01. The third-order valence-corrected chi connectivity index (χ3v) is 5.92. The molecule has 0 fully saturated rings. The summed E-state index contributed by atoms with van der Waals surface area (Å²) >= 11 is 0. The van der Waals surface area contributed by atoms with Crippen molar-refractivity contribution in [3.05, 3.63) is 89.8 Å². The Morgan fingerprint density at radius 2 is 1.97 bits per heavy atom. The maximum absolute atomic E-state index is 14.3. The van der Waals surface area contributed by atoms with Gasteiger partial charge in [0.15, 0.2) is 17.3 Å². The van der Waals surface area contributed by atoms with Gasteiger partial charge in [-0.25, -0.2) is 14.4 Å². The first-order chi connectivity index (χ1) is 17.1. The topological polar surface area (TPSA) is 104 Å². The van der Waals surface area contributed by atoms with Crippen molar-refractivity contribution < 1.29 is 9.13 Å². The number of aromatic amines is 2. The van der Waals surface area contributed by atoms with E-state index < -0.39 is 0 Å². The fraction of sp³-hybridized carbons (Fsp3) is 0.0769. The van der Waals surface area contributed by atoms with Crippen LogP contribution in [0.15, 0.2) is 67.1 Å². The van der Waals surface area contributed by atoms with E-state index in [1.54, 1.807) is 24.7 Å². The molecule has 4 aromatic heterocycles. The Kier molecular flexibility index (Phi) is 4.88. The summed E-state index contributed by atoms with van der Waals surface area (Å²) in [6, 6.07) is 10.4. The van der Waals surface area contributed by atoms with E-state index in [0.29, 0.717) is 39.9 Å². The van der Waals surface area contributed by atoms with Crippen LogP contribution in [0, 0.1) is 12.7 Å². The van der Waals surface area contributed by atoms with Crippen molar-refractivity contribution in [1.29, 1.82) is 0 Å². The maximum atomic E-state index is 14.3. The van der Waals surface area contributed by atoms with Gasteiger partial charge in [0.1, 0.15) is 17.1 Å². The second-order valence-corrected chi connectivity index (χ2v) is 8.13. The summed E-state index contributed by atoms with van der Waals surface area (Å²) in [6.07, 6.45) is 9.07. The zero-order valence-corrected chi connectivity index (χ0v) is 18.9. The number of nitrogens with zero attached hydrogens (tertiary/aromatic N) is 4. The van der Waals surface area contributed by atoms with Crippen molar-refractivity contribution in [3.8, 4) is 28.5 Å². The van der Waals surface area contributed by atoms with E-state index in [9.17, 15) is 4.39 Å². The van der Waals surface area contributed by atoms with Gasteiger partial charge in [0, 0.05) is 35.8 Å². The Labute approximate surface area is 199 Å². The molecule has 9 heteroatoms. The lowest BCUT2D eigenvalue weighted by Crippen LogP contribution is -1.95. The van der Waals surface area contributed by atoms with E-state index in [-0.39, 0.29) is 5.82 Å². The van der Waals surface area contributed by atoms with E-state index in [1.807, 2.05) is 37.3 Å². The van der Waals surface area contributed by atoms with E-state index in [1.165, 1.54) is 19.2 Å². The summed E-state index contributed by atoms with van der Waals surface area (Å²) in [4.78, 5) is 17.2. The van der Waals surface area contributed by atoms with Gasteiger partial charge in [-0.3, -0.25) is 10.1 Å². The van der Waals surface area contributed by atoms with Crippen LogP contribution in [0.4, 0.5) is 10.2 Å². The fourth-order valence-electron chi connectivity index (χ4n) is 4.16. The fourth-order valence-corrected chi connectivity index (χ4v) is 4.16. The molecule has 0 spiro atoms. The standard InChI is InChI=1S/C26H20FN7O/c1-14-7-9-28-13-19(14)20-5-6-21-23(30-20)24(34-33-21)26-31-22-18(4-3-8-29-25(22)32-26)15-10-16(27)12-17(11-15)35-2/h3-13,29H,1-2H3,(H,31,32)(H,33,34). The number of hydrogen-bond acceptors (Lipinski definition) is 6. The number of aryl methyl sites for hydroxylation is 1. The Morgan fingerprint density at radius 3 is 2.83 bits per heavy atom. The molecule has 3 N–H and O–H groups in total. The molecule has 35 heavy (non-hydrogen) atoms. The summed E-state index contributed by atoms with van der Waals surface area (Å²) in [5.74, 6) is 1.18. The molecular weight excluding hydrogens is 445 g/mol. The zero-order valence-electron chi connectivity index (χ0n) is 18.9. The Morgan fingerprint density at radius 1 is 1.06 bits per heavy atom. The summed E-state index contributed by atoms with van der Waals surface area (Å²) in [7, 11) is 1.51. The SMILES string of the molecule is COc1cc(F)cc(C2=CC=CNc3nc(-c4n[nH]c5ccc(-c6cnccc6C)nc45)[nH]c32)c1. The van der Waals surface area contributed by atoms with Crippen molar-refractivity contribution in [2.75, 3.05) is 12.4 Å². The van der Waals surface area contributed by atoms with Crippen molar-refractivity contribution in [1.82, 2.24) is 30.1 Å². The zero-order chi connectivity index (χ0) is 23.9. The summed E-state index contributed by atoms with van der Waals surface area (Å²) in [6.45, 7) is 2.02. The highest BCUT2D eigenvalue weighted by Crippen LogP contribution is 2.35. The van der Waals surface area contributed by atoms with Crippen LogP contribution in [0.25, 0.3) is 39.4 Å². The number of nitrogens with one attached hydrogen (secondary N) is 3. The first-order valence-corrected chi connectivity index (χ1v) is 11.0. The number of H-pyrrole nitrogens is 2. The number of methoxy groups -OCH3 is 1.